The fourth-order valence-electron chi connectivity index (χ4n) is 2.05. The standard InChI is InChI=1S/C16H10ClNO4/c1-9(19)21-13-7-6-10(17)8-14(13)22-16-12-5-3-2-4-11(12)15(20)18-16/h2-8H,1H3. The SMILES string of the molecule is CC(=O)Oc1ccc(Cl)cc1OC1=NC(=O)c2ccccc21. The van der Waals surface area contributed by atoms with Crippen LogP contribution in [-0.4, -0.2) is 17.8 Å². The van der Waals surface area contributed by atoms with E-state index >= 15 is 0 Å². The molecule has 2 aromatic rings. The molecule has 0 atom stereocenters. The van der Waals surface area contributed by atoms with Crippen molar-refractivity contribution in [1.29, 1.82) is 0 Å². The monoisotopic (exact) mass is 315 g/mol. The van der Waals surface area contributed by atoms with Gasteiger partial charge in [-0.3, -0.25) is 9.59 Å². The van der Waals surface area contributed by atoms with Crippen LogP contribution in [-0.2, 0) is 4.79 Å². The number of carbonyl (C=O) groups excluding carboxylic acids is 2. The van der Waals surface area contributed by atoms with Gasteiger partial charge < -0.3 is 9.47 Å². The van der Waals surface area contributed by atoms with E-state index in [1.807, 2.05) is 0 Å². The molecule has 1 heterocycles. The highest BCUT2D eigenvalue weighted by Gasteiger charge is 2.25. The van der Waals surface area contributed by atoms with E-state index in [9.17, 15) is 9.59 Å². The molecule has 1 aliphatic heterocycles. The molecule has 0 fully saturated rings. The number of carbonyl (C=O) groups is 2. The van der Waals surface area contributed by atoms with Crippen LogP contribution in [0.15, 0.2) is 47.5 Å². The third-order valence-corrected chi connectivity index (χ3v) is 3.19. The van der Waals surface area contributed by atoms with Crippen LogP contribution in [0.2, 0.25) is 5.02 Å². The molecule has 0 aliphatic carbocycles. The molecule has 0 N–H and O–H groups in total. The third-order valence-electron chi connectivity index (χ3n) is 2.96. The molecule has 0 saturated heterocycles. The summed E-state index contributed by atoms with van der Waals surface area (Å²) in [5.41, 5.74) is 1.05. The number of hydrogen-bond acceptors (Lipinski definition) is 4. The first-order valence-corrected chi connectivity index (χ1v) is 6.80. The van der Waals surface area contributed by atoms with Gasteiger partial charge in [0.1, 0.15) is 0 Å². The molecule has 0 bridgehead atoms. The van der Waals surface area contributed by atoms with E-state index < -0.39 is 5.97 Å². The highest BCUT2D eigenvalue weighted by molar-refractivity contribution is 6.30. The minimum absolute atomic E-state index is 0.149. The van der Waals surface area contributed by atoms with E-state index in [0.29, 0.717) is 16.1 Å². The quantitative estimate of drug-likeness (QED) is 0.630. The Hall–Kier alpha value is -2.66. The summed E-state index contributed by atoms with van der Waals surface area (Å²) in [7, 11) is 0. The van der Waals surface area contributed by atoms with Gasteiger partial charge in [-0.15, -0.1) is 0 Å². The lowest BCUT2D eigenvalue weighted by Crippen LogP contribution is -2.10. The number of fused-ring (bicyclic) bond motifs is 1. The van der Waals surface area contributed by atoms with Gasteiger partial charge in [0, 0.05) is 18.0 Å². The molecule has 5 nitrogen and oxygen atoms in total. The van der Waals surface area contributed by atoms with Crippen molar-refractivity contribution in [3.05, 3.63) is 58.6 Å². The lowest BCUT2D eigenvalue weighted by Gasteiger charge is -2.11. The van der Waals surface area contributed by atoms with Crippen molar-refractivity contribution in [2.75, 3.05) is 0 Å². The van der Waals surface area contributed by atoms with Crippen LogP contribution in [0.5, 0.6) is 11.5 Å². The van der Waals surface area contributed by atoms with Gasteiger partial charge in [-0.05, 0) is 24.3 Å². The van der Waals surface area contributed by atoms with Gasteiger partial charge in [-0.1, -0.05) is 23.7 Å². The Morgan fingerprint density at radius 3 is 2.55 bits per heavy atom. The average molecular weight is 316 g/mol. The highest BCUT2D eigenvalue weighted by Crippen LogP contribution is 2.32. The van der Waals surface area contributed by atoms with Gasteiger partial charge in [-0.25, -0.2) is 0 Å². The maximum atomic E-state index is 11.8. The number of hydrogen-bond donors (Lipinski definition) is 0. The smallest absolute Gasteiger partial charge is 0.308 e. The van der Waals surface area contributed by atoms with Crippen molar-refractivity contribution in [3.8, 4) is 11.5 Å². The lowest BCUT2D eigenvalue weighted by atomic mass is 10.1. The second-order valence-electron chi connectivity index (χ2n) is 4.55. The van der Waals surface area contributed by atoms with Crippen molar-refractivity contribution in [2.45, 2.75) is 6.92 Å². The zero-order chi connectivity index (χ0) is 15.7. The number of ether oxygens (including phenoxy) is 2. The van der Waals surface area contributed by atoms with E-state index in [-0.39, 0.29) is 23.3 Å². The van der Waals surface area contributed by atoms with E-state index in [1.165, 1.54) is 19.1 Å². The van der Waals surface area contributed by atoms with Crippen molar-refractivity contribution in [2.24, 2.45) is 4.99 Å². The first-order chi connectivity index (χ1) is 10.5. The molecule has 2 aromatic carbocycles. The number of halogens is 1. The summed E-state index contributed by atoms with van der Waals surface area (Å²) in [4.78, 5) is 26.8. The van der Waals surface area contributed by atoms with Crippen LogP contribution >= 0.6 is 11.6 Å². The minimum atomic E-state index is -0.489. The normalized spacial score (nSPS) is 12.6. The van der Waals surface area contributed by atoms with Crippen molar-refractivity contribution in [1.82, 2.24) is 0 Å². The number of esters is 1. The Kier molecular flexibility index (Phi) is 3.65. The predicted octanol–water partition coefficient (Wildman–Crippen LogP) is 3.24. The summed E-state index contributed by atoms with van der Waals surface area (Å²) in [6.45, 7) is 1.28. The molecule has 1 amide bonds. The van der Waals surface area contributed by atoms with Crippen molar-refractivity contribution in [3.63, 3.8) is 0 Å². The van der Waals surface area contributed by atoms with Crippen LogP contribution in [0.1, 0.15) is 22.8 Å². The molecule has 3 rings (SSSR count). The van der Waals surface area contributed by atoms with Gasteiger partial charge >= 0.3 is 5.97 Å². The van der Waals surface area contributed by atoms with Crippen molar-refractivity contribution < 1.29 is 19.1 Å². The molecule has 0 spiro atoms. The number of amides is 1. The van der Waals surface area contributed by atoms with E-state index in [1.54, 1.807) is 30.3 Å². The minimum Gasteiger partial charge on any atom is -0.434 e. The highest BCUT2D eigenvalue weighted by atomic mass is 35.5. The van der Waals surface area contributed by atoms with Crippen LogP contribution in [0.4, 0.5) is 0 Å². The van der Waals surface area contributed by atoms with Gasteiger partial charge in [0.15, 0.2) is 11.5 Å². The van der Waals surface area contributed by atoms with E-state index in [0.717, 1.165) is 0 Å². The molecule has 0 saturated carbocycles. The molecular weight excluding hydrogens is 306 g/mol. The third kappa shape index (κ3) is 2.71. The molecule has 6 heteroatoms. The molecule has 0 aromatic heterocycles. The second kappa shape index (κ2) is 5.61. The zero-order valence-electron chi connectivity index (χ0n) is 11.5. The predicted molar refractivity (Wildman–Crippen MR) is 80.7 cm³/mol. The molecule has 0 radical (unpaired) electrons. The first kappa shape index (κ1) is 14.3. The Labute approximate surface area is 131 Å². The Morgan fingerprint density at radius 1 is 1.09 bits per heavy atom. The molecule has 110 valence electrons. The topological polar surface area (TPSA) is 65.0 Å². The van der Waals surface area contributed by atoms with Gasteiger partial charge in [0.2, 0.25) is 5.90 Å². The molecule has 22 heavy (non-hydrogen) atoms. The molecule has 1 aliphatic rings. The number of rotatable bonds is 2. The van der Waals surface area contributed by atoms with Gasteiger partial charge in [0.05, 0.1) is 11.1 Å². The first-order valence-electron chi connectivity index (χ1n) is 6.43. The van der Waals surface area contributed by atoms with Crippen LogP contribution in [0, 0.1) is 0 Å². The van der Waals surface area contributed by atoms with E-state index in [4.69, 9.17) is 21.1 Å². The van der Waals surface area contributed by atoms with Crippen LogP contribution in [0.3, 0.4) is 0 Å². The van der Waals surface area contributed by atoms with Gasteiger partial charge in [-0.2, -0.15) is 4.99 Å². The Morgan fingerprint density at radius 2 is 1.82 bits per heavy atom. The largest absolute Gasteiger partial charge is 0.434 e. The Balaban J connectivity index is 1.97. The summed E-state index contributed by atoms with van der Waals surface area (Å²) in [5.74, 6) is -0.294. The summed E-state index contributed by atoms with van der Waals surface area (Å²) in [5, 5.41) is 0.407. The molecule has 0 unspecified atom stereocenters. The van der Waals surface area contributed by atoms with E-state index in [2.05, 4.69) is 4.99 Å². The average Bonchev–Trinajstić information content (AvgIpc) is 2.79. The van der Waals surface area contributed by atoms with Crippen molar-refractivity contribution >= 4 is 29.4 Å². The van der Waals surface area contributed by atoms with Crippen LogP contribution in [0.25, 0.3) is 0 Å². The summed E-state index contributed by atoms with van der Waals surface area (Å²) >= 11 is 5.94. The summed E-state index contributed by atoms with van der Waals surface area (Å²) in [6.07, 6.45) is 0. The van der Waals surface area contributed by atoms with Gasteiger partial charge in [0.25, 0.3) is 5.91 Å². The lowest BCUT2D eigenvalue weighted by molar-refractivity contribution is -0.131. The maximum absolute atomic E-state index is 11.8. The van der Waals surface area contributed by atoms with Crippen LogP contribution < -0.4 is 9.47 Å². The number of benzene rings is 2. The number of nitrogens with zero attached hydrogens (tertiary/aromatic N) is 1. The Bertz CT molecular complexity index is 814. The summed E-state index contributed by atoms with van der Waals surface area (Å²) in [6, 6.07) is 11.5. The molecular formula is C16H10ClNO4. The fourth-order valence-corrected chi connectivity index (χ4v) is 2.21. The summed E-state index contributed by atoms with van der Waals surface area (Å²) < 4.78 is 10.7. The second-order valence-corrected chi connectivity index (χ2v) is 4.99. The fraction of sp³-hybridized carbons (Fsp3) is 0.0625. The zero-order valence-corrected chi connectivity index (χ0v) is 12.3. The number of aliphatic imine (C=N–C) groups is 1. The maximum Gasteiger partial charge on any atom is 0.308 e.